The van der Waals surface area contributed by atoms with E-state index in [1.165, 1.54) is 43.3 Å². The lowest BCUT2D eigenvalue weighted by atomic mass is 9.98. The van der Waals surface area contributed by atoms with Crippen molar-refractivity contribution < 1.29 is 68.6 Å². The lowest BCUT2D eigenvalue weighted by Crippen LogP contribution is -2.62. The topological polar surface area (TPSA) is 235 Å². The SMILES string of the molecule is CCC(C)C(=O)O[C@H]1[C@H](OC[C@H]2O[C@@H](Oc3cc(O)c4c(=O)cc(-c5ccc(O)cc5)oc4c3)[C@H](O)[C@@H](O)[C@@H]2O)O[C@@H](C)[C@H](O)[C@H]1O. The van der Waals surface area contributed by atoms with Crippen LogP contribution in [0.2, 0.25) is 0 Å². The molecule has 2 fully saturated rings. The largest absolute Gasteiger partial charge is 0.508 e. The number of carbonyl (C=O) groups is 1. The van der Waals surface area contributed by atoms with E-state index in [1.54, 1.807) is 13.8 Å². The highest BCUT2D eigenvalue weighted by molar-refractivity contribution is 5.86. The lowest BCUT2D eigenvalue weighted by Gasteiger charge is -2.43. The van der Waals surface area contributed by atoms with Gasteiger partial charge in [0.25, 0.3) is 0 Å². The number of aliphatic hydroxyl groups is 5. The van der Waals surface area contributed by atoms with Gasteiger partial charge in [0.1, 0.15) is 70.6 Å². The predicted molar refractivity (Wildman–Crippen MR) is 160 cm³/mol. The van der Waals surface area contributed by atoms with E-state index in [2.05, 4.69) is 0 Å². The Bertz CT molecular complexity index is 1610. The minimum atomic E-state index is -1.80. The number of carbonyl (C=O) groups excluding carboxylic acids is 1. The van der Waals surface area contributed by atoms with Gasteiger partial charge in [-0.15, -0.1) is 0 Å². The fourth-order valence-corrected chi connectivity index (χ4v) is 5.23. The summed E-state index contributed by atoms with van der Waals surface area (Å²) in [7, 11) is 0. The van der Waals surface area contributed by atoms with Crippen LogP contribution in [0.25, 0.3) is 22.3 Å². The van der Waals surface area contributed by atoms with Gasteiger partial charge in [-0.3, -0.25) is 9.59 Å². The van der Waals surface area contributed by atoms with Gasteiger partial charge in [0.05, 0.1) is 18.6 Å². The Labute approximate surface area is 268 Å². The van der Waals surface area contributed by atoms with Gasteiger partial charge in [-0.25, -0.2) is 0 Å². The van der Waals surface area contributed by atoms with Crippen molar-refractivity contribution in [2.24, 2.45) is 5.92 Å². The van der Waals surface area contributed by atoms with E-state index in [0.29, 0.717) is 12.0 Å². The molecule has 15 nitrogen and oxygen atoms in total. The van der Waals surface area contributed by atoms with E-state index in [0.717, 1.165) is 6.07 Å². The van der Waals surface area contributed by atoms with Crippen LogP contribution in [0.15, 0.2) is 51.7 Å². The molecule has 3 heterocycles. The van der Waals surface area contributed by atoms with E-state index >= 15 is 0 Å². The van der Waals surface area contributed by atoms with Gasteiger partial charge in [-0.2, -0.15) is 0 Å². The van der Waals surface area contributed by atoms with Crippen LogP contribution in [0.5, 0.6) is 17.2 Å². The highest BCUT2D eigenvalue weighted by Crippen LogP contribution is 2.34. The quantitative estimate of drug-likeness (QED) is 0.155. The third kappa shape index (κ3) is 7.22. The maximum Gasteiger partial charge on any atom is 0.309 e. The lowest BCUT2D eigenvalue weighted by molar-refractivity contribution is -0.320. The van der Waals surface area contributed by atoms with E-state index in [-0.39, 0.29) is 28.2 Å². The van der Waals surface area contributed by atoms with Crippen molar-refractivity contribution in [2.45, 2.75) is 88.6 Å². The number of esters is 1. The van der Waals surface area contributed by atoms with Crippen LogP contribution in [0, 0.1) is 5.92 Å². The molecule has 2 aliphatic rings. The molecule has 2 aromatic carbocycles. The predicted octanol–water partition coefficient (Wildman–Crippen LogP) is 0.499. The van der Waals surface area contributed by atoms with Crippen molar-refractivity contribution >= 4 is 16.9 Å². The number of benzene rings is 2. The summed E-state index contributed by atoms with van der Waals surface area (Å²) in [6.07, 6.45) is -14.5. The number of aliphatic hydroxyl groups excluding tert-OH is 5. The minimum absolute atomic E-state index is 0.00865. The summed E-state index contributed by atoms with van der Waals surface area (Å²) in [5.74, 6) is -1.66. The molecule has 0 radical (unpaired) electrons. The molecule has 256 valence electrons. The molecule has 0 bridgehead atoms. The van der Waals surface area contributed by atoms with Gasteiger partial charge in [-0.1, -0.05) is 13.8 Å². The Kier molecular flexibility index (Phi) is 10.4. The Morgan fingerprint density at radius 1 is 0.894 bits per heavy atom. The molecule has 2 aliphatic heterocycles. The molecule has 11 atom stereocenters. The number of aromatic hydroxyl groups is 2. The second-order valence-electron chi connectivity index (χ2n) is 11.7. The highest BCUT2D eigenvalue weighted by atomic mass is 16.7. The van der Waals surface area contributed by atoms with Gasteiger partial charge in [0.15, 0.2) is 17.8 Å². The Balaban J connectivity index is 1.34. The molecule has 0 spiro atoms. The second-order valence-corrected chi connectivity index (χ2v) is 11.7. The van der Waals surface area contributed by atoms with E-state index in [9.17, 15) is 45.3 Å². The Morgan fingerprint density at radius 3 is 2.28 bits per heavy atom. The monoisotopic (exact) mass is 662 g/mol. The van der Waals surface area contributed by atoms with Gasteiger partial charge in [0, 0.05) is 23.8 Å². The smallest absolute Gasteiger partial charge is 0.309 e. The normalized spacial score (nSPS) is 31.7. The molecule has 0 saturated carbocycles. The summed E-state index contributed by atoms with van der Waals surface area (Å²) in [4.78, 5) is 25.3. The summed E-state index contributed by atoms with van der Waals surface area (Å²) in [6.45, 7) is 4.36. The molecule has 7 N–H and O–H groups in total. The number of rotatable bonds is 9. The molecule has 2 saturated heterocycles. The first-order chi connectivity index (χ1) is 22.3. The third-order valence-electron chi connectivity index (χ3n) is 8.33. The molecule has 1 unspecified atom stereocenters. The van der Waals surface area contributed by atoms with Crippen LogP contribution in [0.4, 0.5) is 0 Å². The van der Waals surface area contributed by atoms with Crippen LogP contribution in [-0.4, -0.2) is 110 Å². The third-order valence-corrected chi connectivity index (χ3v) is 8.33. The van der Waals surface area contributed by atoms with Crippen LogP contribution in [0.3, 0.4) is 0 Å². The van der Waals surface area contributed by atoms with Gasteiger partial charge in [0.2, 0.25) is 6.29 Å². The van der Waals surface area contributed by atoms with Crippen molar-refractivity contribution in [3.05, 3.63) is 52.7 Å². The summed E-state index contributed by atoms with van der Waals surface area (Å²) < 4.78 is 34.1. The maximum absolute atomic E-state index is 12.8. The van der Waals surface area contributed by atoms with Crippen molar-refractivity contribution in [3.63, 3.8) is 0 Å². The Hall–Kier alpha value is -3.80. The first kappa shape index (κ1) is 34.5. The zero-order chi connectivity index (χ0) is 34.2. The number of fused-ring (bicyclic) bond motifs is 1. The van der Waals surface area contributed by atoms with Crippen LogP contribution in [0.1, 0.15) is 27.2 Å². The molecule has 0 aliphatic carbocycles. The highest BCUT2D eigenvalue weighted by Gasteiger charge is 2.49. The van der Waals surface area contributed by atoms with Gasteiger partial charge < -0.3 is 63.8 Å². The maximum atomic E-state index is 12.8. The van der Waals surface area contributed by atoms with E-state index < -0.39 is 91.1 Å². The molecule has 15 heteroatoms. The zero-order valence-corrected chi connectivity index (χ0v) is 25.7. The fourth-order valence-electron chi connectivity index (χ4n) is 5.23. The number of hydrogen-bond acceptors (Lipinski definition) is 15. The molecular weight excluding hydrogens is 624 g/mol. The Morgan fingerprint density at radius 2 is 1.60 bits per heavy atom. The van der Waals surface area contributed by atoms with Crippen molar-refractivity contribution in [2.75, 3.05) is 6.61 Å². The second kappa shape index (κ2) is 14.1. The van der Waals surface area contributed by atoms with Gasteiger partial charge >= 0.3 is 5.97 Å². The average Bonchev–Trinajstić information content (AvgIpc) is 3.04. The average molecular weight is 663 g/mol. The molecule has 0 amide bonds. The number of phenols is 2. The summed E-state index contributed by atoms with van der Waals surface area (Å²) in [6, 6.07) is 9.39. The van der Waals surface area contributed by atoms with E-state index in [1.807, 2.05) is 0 Å². The molecule has 1 aromatic heterocycles. The molecule has 47 heavy (non-hydrogen) atoms. The van der Waals surface area contributed by atoms with Crippen LogP contribution in [-0.2, 0) is 23.7 Å². The molecule has 5 rings (SSSR count). The number of phenolic OH excluding ortho intramolecular Hbond substituents is 2. The number of hydrogen-bond donors (Lipinski definition) is 7. The van der Waals surface area contributed by atoms with Crippen molar-refractivity contribution in [3.8, 4) is 28.6 Å². The fraction of sp³-hybridized carbons (Fsp3) is 0.500. The van der Waals surface area contributed by atoms with Crippen molar-refractivity contribution in [1.29, 1.82) is 0 Å². The number of ether oxygens (including phenoxy) is 5. The molecule has 3 aromatic rings. The van der Waals surface area contributed by atoms with Crippen LogP contribution >= 0.6 is 0 Å². The van der Waals surface area contributed by atoms with E-state index in [4.69, 9.17) is 28.1 Å². The minimum Gasteiger partial charge on any atom is -0.508 e. The van der Waals surface area contributed by atoms with Gasteiger partial charge in [-0.05, 0) is 37.6 Å². The summed E-state index contributed by atoms with van der Waals surface area (Å²) in [5, 5.41) is 72.9. The first-order valence-corrected chi connectivity index (χ1v) is 15.1. The van der Waals surface area contributed by atoms with Crippen molar-refractivity contribution in [1.82, 2.24) is 0 Å². The summed E-state index contributed by atoms with van der Waals surface area (Å²) >= 11 is 0. The standard InChI is InChI=1S/C32H38O15/c1-4-13(2)30(41)47-29-27(39)24(36)14(3)43-32(29)42-12-22-25(37)26(38)28(40)31(46-22)44-17-9-18(34)23-19(35)11-20(45-21(23)10-17)15-5-7-16(33)8-6-15/h5-11,13-14,22,24-29,31-34,36-40H,4,12H2,1-3H3/t13?,14-,22+,24-,25+,26-,27+,28+,29+,31+,32+/m0/s1. The molecular formula is C32H38O15. The van der Waals surface area contributed by atoms with Crippen LogP contribution < -0.4 is 10.2 Å². The first-order valence-electron chi connectivity index (χ1n) is 15.1. The summed E-state index contributed by atoms with van der Waals surface area (Å²) in [5.41, 5.74) is -0.175. The zero-order valence-electron chi connectivity index (χ0n) is 25.7.